The second kappa shape index (κ2) is 5.80. The van der Waals surface area contributed by atoms with Crippen molar-refractivity contribution in [1.82, 2.24) is 0 Å². The van der Waals surface area contributed by atoms with Crippen molar-refractivity contribution >= 4 is 0 Å². The summed E-state index contributed by atoms with van der Waals surface area (Å²) in [6.07, 6.45) is 10.6. The van der Waals surface area contributed by atoms with Gasteiger partial charge in [0.25, 0.3) is 0 Å². The highest BCUT2D eigenvalue weighted by atomic mass is 14.3. The molecule has 0 atom stereocenters. The monoisotopic (exact) mass is 177 g/mol. The Morgan fingerprint density at radius 3 is 2.54 bits per heavy atom. The lowest BCUT2D eigenvalue weighted by Gasteiger charge is -2.24. The van der Waals surface area contributed by atoms with E-state index in [-0.39, 0.29) is 0 Å². The molecule has 13 heavy (non-hydrogen) atoms. The zero-order valence-electron chi connectivity index (χ0n) is 8.34. The lowest BCUT2D eigenvalue weighted by atomic mass is 9.80. The van der Waals surface area contributed by atoms with Crippen LogP contribution in [-0.2, 0) is 0 Å². The molecule has 0 aromatic rings. The van der Waals surface area contributed by atoms with E-state index < -0.39 is 0 Å². The van der Waals surface area contributed by atoms with Crippen LogP contribution >= 0.6 is 0 Å². The van der Waals surface area contributed by atoms with Crippen LogP contribution in [0.3, 0.4) is 0 Å². The highest BCUT2D eigenvalue weighted by molar-refractivity contribution is 4.87. The highest BCUT2D eigenvalue weighted by Gasteiger charge is 2.19. The number of hydrogen-bond acceptors (Lipinski definition) is 1. The molecule has 0 N–H and O–H groups in total. The topological polar surface area (TPSA) is 23.8 Å². The van der Waals surface area contributed by atoms with Gasteiger partial charge in [-0.05, 0) is 44.4 Å². The Morgan fingerprint density at radius 1 is 1.31 bits per heavy atom. The van der Waals surface area contributed by atoms with Crippen LogP contribution in [0.4, 0.5) is 0 Å². The van der Waals surface area contributed by atoms with E-state index in [0.717, 1.165) is 25.2 Å². The zero-order valence-corrected chi connectivity index (χ0v) is 8.34. The largest absolute Gasteiger partial charge is 0.198 e. The first-order valence-electron chi connectivity index (χ1n) is 5.37. The summed E-state index contributed by atoms with van der Waals surface area (Å²) in [4.78, 5) is 0. The van der Waals surface area contributed by atoms with Crippen molar-refractivity contribution in [2.75, 3.05) is 0 Å². The molecule has 0 unspecified atom stereocenters. The first-order chi connectivity index (χ1) is 6.36. The van der Waals surface area contributed by atoms with Gasteiger partial charge in [-0.3, -0.25) is 0 Å². The smallest absolute Gasteiger partial charge is 0.0655 e. The molecule has 0 aromatic carbocycles. The van der Waals surface area contributed by atoms with Crippen LogP contribution in [0.25, 0.3) is 0 Å². The van der Waals surface area contributed by atoms with E-state index in [0.29, 0.717) is 5.92 Å². The number of hydrogen-bond donors (Lipinski definition) is 0. The van der Waals surface area contributed by atoms with E-state index in [2.05, 4.69) is 12.6 Å². The van der Waals surface area contributed by atoms with Crippen molar-refractivity contribution < 1.29 is 0 Å². The summed E-state index contributed by atoms with van der Waals surface area (Å²) in [6, 6.07) is 2.38. The van der Waals surface area contributed by atoms with Gasteiger partial charge in [0.05, 0.1) is 6.07 Å². The fourth-order valence-electron chi connectivity index (χ4n) is 2.13. The van der Waals surface area contributed by atoms with Crippen molar-refractivity contribution in [3.8, 4) is 6.07 Å². The van der Waals surface area contributed by atoms with Crippen molar-refractivity contribution in [3.05, 3.63) is 12.7 Å². The molecule has 1 aliphatic carbocycles. The summed E-state index contributed by atoms with van der Waals surface area (Å²) in [5.41, 5.74) is 0. The fourth-order valence-corrected chi connectivity index (χ4v) is 2.13. The van der Waals surface area contributed by atoms with Crippen molar-refractivity contribution in [3.63, 3.8) is 0 Å². The van der Waals surface area contributed by atoms with E-state index in [1.165, 1.54) is 25.7 Å². The summed E-state index contributed by atoms with van der Waals surface area (Å²) in [5.74, 6) is 1.25. The zero-order chi connectivity index (χ0) is 9.52. The van der Waals surface area contributed by atoms with Gasteiger partial charge in [-0.2, -0.15) is 5.26 Å². The third-order valence-corrected chi connectivity index (χ3v) is 3.05. The number of unbranched alkanes of at least 4 members (excludes halogenated alkanes) is 1. The Bertz CT molecular complexity index is 182. The average molecular weight is 177 g/mol. The van der Waals surface area contributed by atoms with E-state index in [4.69, 9.17) is 5.26 Å². The Balaban J connectivity index is 2.11. The molecule has 0 saturated heterocycles. The van der Waals surface area contributed by atoms with Crippen LogP contribution in [0, 0.1) is 23.2 Å². The molecule has 0 amide bonds. The highest BCUT2D eigenvalue weighted by Crippen LogP contribution is 2.31. The summed E-state index contributed by atoms with van der Waals surface area (Å²) in [5, 5.41) is 8.73. The molecule has 0 spiro atoms. The van der Waals surface area contributed by atoms with E-state index in [9.17, 15) is 0 Å². The van der Waals surface area contributed by atoms with Gasteiger partial charge >= 0.3 is 0 Å². The average Bonchev–Trinajstić information content (AvgIpc) is 2.19. The van der Waals surface area contributed by atoms with Crippen molar-refractivity contribution in [2.24, 2.45) is 11.8 Å². The Kier molecular flexibility index (Phi) is 4.60. The van der Waals surface area contributed by atoms with Crippen molar-refractivity contribution in [1.29, 1.82) is 5.26 Å². The van der Waals surface area contributed by atoms with Crippen LogP contribution in [-0.4, -0.2) is 0 Å². The first kappa shape index (κ1) is 10.3. The fraction of sp³-hybridized carbons (Fsp3) is 0.750. The predicted octanol–water partition coefficient (Wildman–Crippen LogP) is 3.67. The van der Waals surface area contributed by atoms with Gasteiger partial charge in [-0.25, -0.2) is 0 Å². The molecule has 1 saturated carbocycles. The molecule has 0 aliphatic heterocycles. The minimum atomic E-state index is 0.357. The lowest BCUT2D eigenvalue weighted by molar-refractivity contribution is 0.296. The second-order valence-corrected chi connectivity index (χ2v) is 4.07. The number of nitriles is 1. The normalized spacial score (nSPS) is 27.9. The van der Waals surface area contributed by atoms with Crippen LogP contribution < -0.4 is 0 Å². The molecule has 72 valence electrons. The third-order valence-electron chi connectivity index (χ3n) is 3.05. The molecule has 0 aromatic heterocycles. The Morgan fingerprint density at radius 2 is 2.00 bits per heavy atom. The van der Waals surface area contributed by atoms with Gasteiger partial charge in [-0.1, -0.05) is 12.5 Å². The van der Waals surface area contributed by atoms with Gasteiger partial charge in [0.15, 0.2) is 0 Å². The minimum absolute atomic E-state index is 0.357. The molecule has 1 aliphatic rings. The number of rotatable bonds is 4. The maximum absolute atomic E-state index is 8.73. The van der Waals surface area contributed by atoms with Crippen LogP contribution in [0.5, 0.6) is 0 Å². The molecule has 1 heteroatoms. The van der Waals surface area contributed by atoms with Gasteiger partial charge in [-0.15, -0.1) is 6.58 Å². The van der Waals surface area contributed by atoms with Gasteiger partial charge < -0.3 is 0 Å². The first-order valence-corrected chi connectivity index (χ1v) is 5.37. The Hall–Kier alpha value is -0.770. The molecular weight excluding hydrogens is 158 g/mol. The molecule has 1 rings (SSSR count). The Labute approximate surface area is 81.5 Å². The number of allylic oxidation sites excluding steroid dienone is 1. The lowest BCUT2D eigenvalue weighted by Crippen LogP contribution is -2.13. The van der Waals surface area contributed by atoms with Crippen LogP contribution in [0.1, 0.15) is 44.9 Å². The molecule has 0 heterocycles. The van der Waals surface area contributed by atoms with Gasteiger partial charge in [0.2, 0.25) is 0 Å². The maximum atomic E-state index is 8.73. The summed E-state index contributed by atoms with van der Waals surface area (Å²) in [6.45, 7) is 3.73. The van der Waals surface area contributed by atoms with Crippen LogP contribution in [0.2, 0.25) is 0 Å². The quantitative estimate of drug-likeness (QED) is 0.474. The second-order valence-electron chi connectivity index (χ2n) is 4.07. The molecule has 1 nitrogen and oxygen atoms in total. The van der Waals surface area contributed by atoms with Crippen molar-refractivity contribution in [2.45, 2.75) is 44.9 Å². The van der Waals surface area contributed by atoms with E-state index >= 15 is 0 Å². The SMILES string of the molecule is C=CCCC[C@H]1CC[C@H](C#N)CC1. The predicted molar refractivity (Wildman–Crippen MR) is 55.1 cm³/mol. The maximum Gasteiger partial charge on any atom is 0.0655 e. The minimum Gasteiger partial charge on any atom is -0.198 e. The standard InChI is InChI=1S/C12H19N/c1-2-3-4-5-11-6-8-12(10-13)9-7-11/h2,11-12H,1,3-9H2/t11-,12-. The van der Waals surface area contributed by atoms with E-state index in [1.54, 1.807) is 0 Å². The summed E-state index contributed by atoms with van der Waals surface area (Å²) < 4.78 is 0. The third kappa shape index (κ3) is 3.63. The van der Waals surface area contributed by atoms with E-state index in [1.807, 2.05) is 6.08 Å². The van der Waals surface area contributed by atoms with Gasteiger partial charge in [0, 0.05) is 5.92 Å². The summed E-state index contributed by atoms with van der Waals surface area (Å²) in [7, 11) is 0. The molecule has 0 bridgehead atoms. The number of nitrogens with zero attached hydrogens (tertiary/aromatic N) is 1. The van der Waals surface area contributed by atoms with Crippen LogP contribution in [0.15, 0.2) is 12.7 Å². The molecular formula is C12H19N. The van der Waals surface area contributed by atoms with Gasteiger partial charge in [0.1, 0.15) is 0 Å². The molecule has 1 fully saturated rings. The molecule has 0 radical (unpaired) electrons. The summed E-state index contributed by atoms with van der Waals surface area (Å²) >= 11 is 0.